The van der Waals surface area contributed by atoms with Crippen molar-refractivity contribution >= 4 is 5.69 Å². The minimum Gasteiger partial charge on any atom is -0.497 e. The Morgan fingerprint density at radius 2 is 1.71 bits per heavy atom. The summed E-state index contributed by atoms with van der Waals surface area (Å²) in [7, 11) is 3.38. The van der Waals surface area contributed by atoms with Gasteiger partial charge in [-0.3, -0.25) is 0 Å². The monoisotopic (exact) mass is 285 g/mol. The summed E-state index contributed by atoms with van der Waals surface area (Å²) in [6.07, 6.45) is 0.989. The maximum atomic E-state index is 5.46. The molecule has 1 N–H and O–H groups in total. The first-order chi connectivity index (χ1) is 10.2. The van der Waals surface area contributed by atoms with Crippen LogP contribution in [-0.2, 0) is 0 Å². The molecule has 0 saturated carbocycles. The predicted octanol–water partition coefficient (Wildman–Crippen LogP) is 4.58. The zero-order valence-electron chi connectivity index (χ0n) is 13.1. The topological polar surface area (TPSA) is 30.5 Å². The normalized spacial score (nSPS) is 11.8. The standard InChI is InChI=1S/C18H23NO2/c1-5-16(14-7-9-15(20-3)10-8-14)19-17-11-6-13(2)12-18(17)21-4/h6-12,16,19H,5H2,1-4H3. The number of benzene rings is 2. The van der Waals surface area contributed by atoms with Gasteiger partial charge in [-0.25, -0.2) is 0 Å². The van der Waals surface area contributed by atoms with Gasteiger partial charge in [-0.2, -0.15) is 0 Å². The van der Waals surface area contributed by atoms with E-state index in [1.165, 1.54) is 11.1 Å². The number of aryl methyl sites for hydroxylation is 1. The predicted molar refractivity (Wildman–Crippen MR) is 87.4 cm³/mol. The molecule has 0 bridgehead atoms. The Morgan fingerprint density at radius 3 is 2.29 bits per heavy atom. The molecule has 0 aromatic heterocycles. The average Bonchev–Trinajstić information content (AvgIpc) is 2.53. The van der Waals surface area contributed by atoms with Crippen LogP contribution in [0.3, 0.4) is 0 Å². The van der Waals surface area contributed by atoms with Gasteiger partial charge in [0.2, 0.25) is 0 Å². The summed E-state index contributed by atoms with van der Waals surface area (Å²) in [6, 6.07) is 14.6. The number of hydrogen-bond acceptors (Lipinski definition) is 3. The molecule has 1 unspecified atom stereocenters. The molecule has 3 heteroatoms. The highest BCUT2D eigenvalue weighted by molar-refractivity contribution is 5.58. The van der Waals surface area contributed by atoms with E-state index in [4.69, 9.17) is 9.47 Å². The number of hydrogen-bond donors (Lipinski definition) is 1. The van der Waals surface area contributed by atoms with E-state index in [1.54, 1.807) is 14.2 Å². The fourth-order valence-electron chi connectivity index (χ4n) is 2.36. The summed E-state index contributed by atoms with van der Waals surface area (Å²) < 4.78 is 10.7. The molecule has 2 rings (SSSR count). The van der Waals surface area contributed by atoms with Gasteiger partial charge in [0.1, 0.15) is 11.5 Å². The summed E-state index contributed by atoms with van der Waals surface area (Å²) in [6.45, 7) is 4.23. The summed E-state index contributed by atoms with van der Waals surface area (Å²) in [5.74, 6) is 1.75. The third-order valence-electron chi connectivity index (χ3n) is 3.61. The number of anilines is 1. The zero-order valence-corrected chi connectivity index (χ0v) is 13.1. The lowest BCUT2D eigenvalue weighted by Crippen LogP contribution is -2.10. The molecular weight excluding hydrogens is 262 g/mol. The molecule has 112 valence electrons. The molecule has 1 atom stereocenters. The summed E-state index contributed by atoms with van der Waals surface area (Å²) in [5.41, 5.74) is 3.45. The van der Waals surface area contributed by atoms with Crippen molar-refractivity contribution in [2.45, 2.75) is 26.3 Å². The van der Waals surface area contributed by atoms with Crippen LogP contribution in [0.4, 0.5) is 5.69 Å². The van der Waals surface area contributed by atoms with Crippen LogP contribution < -0.4 is 14.8 Å². The molecule has 0 fully saturated rings. The van der Waals surface area contributed by atoms with Crippen LogP contribution >= 0.6 is 0 Å². The third kappa shape index (κ3) is 3.69. The second kappa shape index (κ2) is 7.02. The molecule has 0 aliphatic carbocycles. The van der Waals surface area contributed by atoms with Gasteiger partial charge in [-0.15, -0.1) is 0 Å². The van der Waals surface area contributed by atoms with Crippen LogP contribution in [0.2, 0.25) is 0 Å². The highest BCUT2D eigenvalue weighted by Gasteiger charge is 2.12. The van der Waals surface area contributed by atoms with E-state index >= 15 is 0 Å². The largest absolute Gasteiger partial charge is 0.497 e. The minimum absolute atomic E-state index is 0.243. The second-order valence-electron chi connectivity index (χ2n) is 5.08. The van der Waals surface area contributed by atoms with Crippen LogP contribution in [0, 0.1) is 6.92 Å². The fourth-order valence-corrected chi connectivity index (χ4v) is 2.36. The Hall–Kier alpha value is -2.16. The van der Waals surface area contributed by atoms with Crippen LogP contribution in [0.15, 0.2) is 42.5 Å². The van der Waals surface area contributed by atoms with Crippen LogP contribution in [0.1, 0.15) is 30.5 Å². The van der Waals surface area contributed by atoms with E-state index in [0.717, 1.165) is 23.6 Å². The van der Waals surface area contributed by atoms with Crippen molar-refractivity contribution in [2.24, 2.45) is 0 Å². The van der Waals surface area contributed by atoms with Crippen molar-refractivity contribution in [3.63, 3.8) is 0 Å². The van der Waals surface area contributed by atoms with Crippen molar-refractivity contribution in [2.75, 3.05) is 19.5 Å². The van der Waals surface area contributed by atoms with Gasteiger partial charge in [-0.1, -0.05) is 25.1 Å². The van der Waals surface area contributed by atoms with Crippen LogP contribution in [0.5, 0.6) is 11.5 Å². The number of methoxy groups -OCH3 is 2. The highest BCUT2D eigenvalue weighted by Crippen LogP contribution is 2.31. The molecule has 2 aromatic rings. The molecule has 0 saturated heterocycles. The average molecular weight is 285 g/mol. The Labute approximate surface area is 126 Å². The molecule has 3 nitrogen and oxygen atoms in total. The van der Waals surface area contributed by atoms with E-state index in [2.05, 4.69) is 43.4 Å². The van der Waals surface area contributed by atoms with Crippen molar-refractivity contribution in [1.29, 1.82) is 0 Å². The SMILES string of the molecule is CCC(Nc1ccc(C)cc1OC)c1ccc(OC)cc1. The molecular formula is C18H23NO2. The van der Waals surface area contributed by atoms with Gasteiger partial charge in [0.25, 0.3) is 0 Å². The van der Waals surface area contributed by atoms with Crippen LogP contribution in [0.25, 0.3) is 0 Å². The maximum Gasteiger partial charge on any atom is 0.142 e. The van der Waals surface area contributed by atoms with Crippen molar-refractivity contribution in [1.82, 2.24) is 0 Å². The molecule has 21 heavy (non-hydrogen) atoms. The van der Waals surface area contributed by atoms with E-state index in [-0.39, 0.29) is 6.04 Å². The number of ether oxygens (including phenoxy) is 2. The third-order valence-corrected chi connectivity index (χ3v) is 3.61. The van der Waals surface area contributed by atoms with Crippen LogP contribution in [-0.4, -0.2) is 14.2 Å². The Kier molecular flexibility index (Phi) is 5.09. The van der Waals surface area contributed by atoms with E-state index in [1.807, 2.05) is 18.2 Å². The highest BCUT2D eigenvalue weighted by atomic mass is 16.5. The first-order valence-corrected chi connectivity index (χ1v) is 7.23. The van der Waals surface area contributed by atoms with Gasteiger partial charge in [-0.05, 0) is 48.7 Å². The minimum atomic E-state index is 0.243. The zero-order chi connectivity index (χ0) is 15.2. The smallest absolute Gasteiger partial charge is 0.142 e. The lowest BCUT2D eigenvalue weighted by molar-refractivity contribution is 0.414. The number of rotatable bonds is 6. The van der Waals surface area contributed by atoms with Gasteiger partial charge < -0.3 is 14.8 Å². The molecule has 0 aliphatic heterocycles. The first kappa shape index (κ1) is 15.2. The van der Waals surface area contributed by atoms with Gasteiger partial charge in [0, 0.05) is 0 Å². The van der Waals surface area contributed by atoms with E-state index in [9.17, 15) is 0 Å². The Morgan fingerprint density at radius 1 is 1.00 bits per heavy atom. The molecule has 2 aromatic carbocycles. The fraction of sp³-hybridized carbons (Fsp3) is 0.333. The molecule has 0 amide bonds. The summed E-state index contributed by atoms with van der Waals surface area (Å²) in [4.78, 5) is 0. The van der Waals surface area contributed by atoms with Gasteiger partial charge in [0.05, 0.1) is 25.9 Å². The molecule has 0 aliphatic rings. The Bertz CT molecular complexity index is 578. The van der Waals surface area contributed by atoms with Crippen molar-refractivity contribution in [3.05, 3.63) is 53.6 Å². The maximum absolute atomic E-state index is 5.46. The van der Waals surface area contributed by atoms with Gasteiger partial charge >= 0.3 is 0 Å². The number of nitrogens with one attached hydrogen (secondary N) is 1. The summed E-state index contributed by atoms with van der Waals surface area (Å²) in [5, 5.41) is 3.56. The molecule has 0 heterocycles. The van der Waals surface area contributed by atoms with E-state index < -0.39 is 0 Å². The molecule has 0 spiro atoms. The lowest BCUT2D eigenvalue weighted by atomic mass is 10.0. The van der Waals surface area contributed by atoms with Crippen molar-refractivity contribution < 1.29 is 9.47 Å². The summed E-state index contributed by atoms with van der Waals surface area (Å²) >= 11 is 0. The lowest BCUT2D eigenvalue weighted by Gasteiger charge is -2.21. The second-order valence-corrected chi connectivity index (χ2v) is 5.08. The first-order valence-electron chi connectivity index (χ1n) is 7.23. The van der Waals surface area contributed by atoms with E-state index in [0.29, 0.717) is 0 Å². The van der Waals surface area contributed by atoms with Gasteiger partial charge in [0.15, 0.2) is 0 Å². The Balaban J connectivity index is 2.22. The van der Waals surface area contributed by atoms with Crippen molar-refractivity contribution in [3.8, 4) is 11.5 Å². The quantitative estimate of drug-likeness (QED) is 0.843. The molecule has 0 radical (unpaired) electrons.